The summed E-state index contributed by atoms with van der Waals surface area (Å²) in [6.45, 7) is 5.79. The minimum atomic E-state index is 0.513. The van der Waals surface area contributed by atoms with Crippen LogP contribution in [-0.4, -0.2) is 55.6 Å². The molecule has 3 aromatic heterocycles. The fourth-order valence-electron chi connectivity index (χ4n) is 3.74. The van der Waals surface area contributed by atoms with E-state index < -0.39 is 0 Å². The van der Waals surface area contributed by atoms with Crippen molar-refractivity contribution in [3.8, 4) is 0 Å². The number of fused-ring (bicyclic) bond motifs is 1. The van der Waals surface area contributed by atoms with E-state index in [1.165, 1.54) is 19.3 Å². The van der Waals surface area contributed by atoms with Gasteiger partial charge in [-0.15, -0.1) is 10.2 Å². The van der Waals surface area contributed by atoms with Crippen molar-refractivity contribution in [3.05, 3.63) is 48.1 Å². The first kappa shape index (κ1) is 16.0. The smallest absolute Gasteiger partial charge is 0.230 e. The molecule has 7 heteroatoms. The molecule has 1 saturated carbocycles. The summed E-state index contributed by atoms with van der Waals surface area (Å²) in [6.07, 6.45) is 7.86. The molecule has 0 spiro atoms. The lowest BCUT2D eigenvalue weighted by molar-refractivity contribution is 0.113. The largest absolute Gasteiger partial charge is 0.424 e. The molecule has 136 valence electrons. The zero-order chi connectivity index (χ0) is 17.3. The van der Waals surface area contributed by atoms with Gasteiger partial charge in [0.05, 0.1) is 12.2 Å². The molecular weight excluding hydrogens is 328 g/mol. The van der Waals surface area contributed by atoms with E-state index in [0.29, 0.717) is 5.92 Å². The average Bonchev–Trinajstić information content (AvgIpc) is 3.21. The standard InChI is InChI=1S/C19H24N6O/c1-2-7-25-13-16(20-17(25)6-1)12-23-8-10-24(11-9-23)14-18-21-22-19(26-18)15-4-3-5-15/h1-2,6-7,13,15H,3-5,8-12,14H2. The van der Waals surface area contributed by atoms with E-state index in [1.54, 1.807) is 0 Å². The van der Waals surface area contributed by atoms with Crippen molar-refractivity contribution in [2.75, 3.05) is 26.2 Å². The molecular formula is C19H24N6O. The summed E-state index contributed by atoms with van der Waals surface area (Å²) >= 11 is 0. The van der Waals surface area contributed by atoms with Gasteiger partial charge in [-0.3, -0.25) is 9.80 Å². The van der Waals surface area contributed by atoms with Gasteiger partial charge in [-0.25, -0.2) is 4.98 Å². The molecule has 1 aliphatic heterocycles. The molecule has 5 rings (SSSR count). The molecule has 0 amide bonds. The molecule has 0 radical (unpaired) electrons. The summed E-state index contributed by atoms with van der Waals surface area (Å²) in [6, 6.07) is 6.10. The van der Waals surface area contributed by atoms with Crippen molar-refractivity contribution in [1.82, 2.24) is 29.4 Å². The van der Waals surface area contributed by atoms with Crippen LogP contribution in [0.3, 0.4) is 0 Å². The first-order chi connectivity index (χ1) is 12.8. The Morgan fingerprint density at radius 1 is 1.00 bits per heavy atom. The molecule has 2 fully saturated rings. The van der Waals surface area contributed by atoms with Crippen molar-refractivity contribution in [3.63, 3.8) is 0 Å². The molecule has 26 heavy (non-hydrogen) atoms. The van der Waals surface area contributed by atoms with Crippen molar-refractivity contribution in [2.24, 2.45) is 0 Å². The summed E-state index contributed by atoms with van der Waals surface area (Å²) in [4.78, 5) is 9.57. The lowest BCUT2D eigenvalue weighted by atomic mass is 9.85. The van der Waals surface area contributed by atoms with Gasteiger partial charge in [0.25, 0.3) is 0 Å². The SMILES string of the molecule is c1ccn2cc(CN3CCN(Cc4nnc(C5CCC5)o4)CC3)nc2c1. The van der Waals surface area contributed by atoms with E-state index >= 15 is 0 Å². The number of hydrogen-bond donors (Lipinski definition) is 0. The highest BCUT2D eigenvalue weighted by atomic mass is 16.4. The Morgan fingerprint density at radius 2 is 1.81 bits per heavy atom. The lowest BCUT2D eigenvalue weighted by Gasteiger charge is -2.33. The monoisotopic (exact) mass is 352 g/mol. The van der Waals surface area contributed by atoms with Crippen LogP contribution in [0.1, 0.15) is 42.7 Å². The molecule has 0 aromatic carbocycles. The maximum atomic E-state index is 5.86. The van der Waals surface area contributed by atoms with Crippen LogP contribution in [0.5, 0.6) is 0 Å². The van der Waals surface area contributed by atoms with Crippen LogP contribution < -0.4 is 0 Å². The van der Waals surface area contributed by atoms with Crippen molar-refractivity contribution >= 4 is 5.65 Å². The van der Waals surface area contributed by atoms with Crippen molar-refractivity contribution in [1.29, 1.82) is 0 Å². The third-order valence-electron chi connectivity index (χ3n) is 5.56. The quantitative estimate of drug-likeness (QED) is 0.702. The number of pyridine rings is 1. The molecule has 0 N–H and O–H groups in total. The number of imidazole rings is 1. The first-order valence-corrected chi connectivity index (χ1v) is 9.53. The number of hydrogen-bond acceptors (Lipinski definition) is 6. The van der Waals surface area contributed by atoms with Crippen LogP contribution in [0.2, 0.25) is 0 Å². The molecule has 2 aliphatic rings. The van der Waals surface area contributed by atoms with E-state index in [0.717, 1.165) is 62.4 Å². The second kappa shape index (κ2) is 6.81. The fourth-order valence-corrected chi connectivity index (χ4v) is 3.74. The van der Waals surface area contributed by atoms with Crippen LogP contribution in [-0.2, 0) is 13.1 Å². The van der Waals surface area contributed by atoms with Gasteiger partial charge in [-0.2, -0.15) is 0 Å². The third-order valence-corrected chi connectivity index (χ3v) is 5.56. The third kappa shape index (κ3) is 3.24. The molecule has 3 aromatic rings. The van der Waals surface area contributed by atoms with E-state index in [9.17, 15) is 0 Å². The topological polar surface area (TPSA) is 62.7 Å². The van der Waals surface area contributed by atoms with Gasteiger partial charge in [-0.05, 0) is 25.0 Å². The predicted molar refractivity (Wildman–Crippen MR) is 96.6 cm³/mol. The van der Waals surface area contributed by atoms with Crippen LogP contribution in [0.4, 0.5) is 0 Å². The Bertz CT molecular complexity index is 842. The fraction of sp³-hybridized carbons (Fsp3) is 0.526. The molecule has 7 nitrogen and oxygen atoms in total. The normalized spacial score (nSPS) is 19.8. The second-order valence-corrected chi connectivity index (χ2v) is 7.41. The maximum absolute atomic E-state index is 5.86. The van der Waals surface area contributed by atoms with E-state index in [-0.39, 0.29) is 0 Å². The van der Waals surface area contributed by atoms with Gasteiger partial charge in [-0.1, -0.05) is 12.5 Å². The molecule has 0 atom stereocenters. The number of rotatable bonds is 5. The Kier molecular flexibility index (Phi) is 4.18. The van der Waals surface area contributed by atoms with Crippen LogP contribution in [0, 0.1) is 0 Å². The van der Waals surface area contributed by atoms with E-state index in [2.05, 4.69) is 30.6 Å². The van der Waals surface area contributed by atoms with E-state index in [4.69, 9.17) is 9.40 Å². The minimum Gasteiger partial charge on any atom is -0.424 e. The Balaban J connectivity index is 1.14. The van der Waals surface area contributed by atoms with Gasteiger partial charge in [0.2, 0.25) is 11.8 Å². The summed E-state index contributed by atoms with van der Waals surface area (Å²) in [5.41, 5.74) is 2.14. The number of aromatic nitrogens is 4. The van der Waals surface area contributed by atoms with E-state index in [1.807, 2.05) is 24.4 Å². The summed E-state index contributed by atoms with van der Waals surface area (Å²) in [5.74, 6) is 2.12. The predicted octanol–water partition coefficient (Wildman–Crippen LogP) is 2.30. The Morgan fingerprint density at radius 3 is 2.54 bits per heavy atom. The minimum absolute atomic E-state index is 0.513. The van der Waals surface area contributed by atoms with Gasteiger partial charge in [0, 0.05) is 51.0 Å². The lowest BCUT2D eigenvalue weighted by Crippen LogP contribution is -2.45. The van der Waals surface area contributed by atoms with Gasteiger partial charge in [0.15, 0.2) is 0 Å². The molecule has 0 bridgehead atoms. The van der Waals surface area contributed by atoms with Gasteiger partial charge < -0.3 is 8.82 Å². The van der Waals surface area contributed by atoms with Gasteiger partial charge >= 0.3 is 0 Å². The molecule has 1 aliphatic carbocycles. The van der Waals surface area contributed by atoms with Crippen LogP contribution >= 0.6 is 0 Å². The maximum Gasteiger partial charge on any atom is 0.230 e. The molecule has 0 unspecified atom stereocenters. The van der Waals surface area contributed by atoms with Crippen LogP contribution in [0.25, 0.3) is 5.65 Å². The highest BCUT2D eigenvalue weighted by molar-refractivity contribution is 5.39. The van der Waals surface area contributed by atoms with Crippen LogP contribution in [0.15, 0.2) is 35.0 Å². The number of piperazine rings is 1. The summed E-state index contributed by atoms with van der Waals surface area (Å²) in [5, 5.41) is 8.47. The Labute approximate surface area is 152 Å². The second-order valence-electron chi connectivity index (χ2n) is 7.41. The highest BCUT2D eigenvalue weighted by Crippen LogP contribution is 2.35. The van der Waals surface area contributed by atoms with Crippen molar-refractivity contribution in [2.45, 2.75) is 38.3 Å². The summed E-state index contributed by atoms with van der Waals surface area (Å²) < 4.78 is 7.94. The first-order valence-electron chi connectivity index (χ1n) is 9.53. The van der Waals surface area contributed by atoms with Crippen molar-refractivity contribution < 1.29 is 4.42 Å². The Hall–Kier alpha value is -2.25. The van der Waals surface area contributed by atoms with Gasteiger partial charge in [0.1, 0.15) is 5.65 Å². The average molecular weight is 352 g/mol. The highest BCUT2D eigenvalue weighted by Gasteiger charge is 2.26. The summed E-state index contributed by atoms with van der Waals surface area (Å²) in [7, 11) is 0. The molecule has 4 heterocycles. The molecule has 1 saturated heterocycles. The zero-order valence-corrected chi connectivity index (χ0v) is 14.9. The zero-order valence-electron chi connectivity index (χ0n) is 14.9. The number of nitrogens with zero attached hydrogens (tertiary/aromatic N) is 6.